The van der Waals surface area contributed by atoms with E-state index in [1.54, 1.807) is 0 Å². The zero-order chi connectivity index (χ0) is 14.3. The third-order valence-electron chi connectivity index (χ3n) is 4.23. The first-order valence-electron chi connectivity index (χ1n) is 7.78. The lowest BCUT2D eigenvalue weighted by Gasteiger charge is -2.35. The highest BCUT2D eigenvalue weighted by Gasteiger charge is 2.20. The Kier molecular flexibility index (Phi) is 7.21. The molecule has 0 radical (unpaired) electrons. The summed E-state index contributed by atoms with van der Waals surface area (Å²) in [7, 11) is 1.84. The summed E-state index contributed by atoms with van der Waals surface area (Å²) in [5, 5.41) is 6.84. The number of guanidine groups is 1. The number of aliphatic imine (C=N–C) groups is 1. The van der Waals surface area contributed by atoms with Crippen LogP contribution >= 0.6 is 0 Å². The van der Waals surface area contributed by atoms with Crippen molar-refractivity contribution >= 4 is 5.96 Å². The smallest absolute Gasteiger partial charge is 0.191 e. The van der Waals surface area contributed by atoms with Crippen molar-refractivity contribution in [1.29, 1.82) is 0 Å². The lowest BCUT2D eigenvalue weighted by atomic mass is 9.98. The number of rotatable bonds is 5. The van der Waals surface area contributed by atoms with Gasteiger partial charge in [-0.1, -0.05) is 13.8 Å². The Morgan fingerprint density at radius 3 is 2.47 bits per heavy atom. The van der Waals surface area contributed by atoms with Gasteiger partial charge in [0.05, 0.1) is 0 Å². The molecule has 1 fully saturated rings. The first-order valence-corrected chi connectivity index (χ1v) is 7.78. The third-order valence-corrected chi connectivity index (χ3v) is 4.23. The van der Waals surface area contributed by atoms with Gasteiger partial charge in [0.15, 0.2) is 5.96 Å². The molecule has 0 aromatic rings. The van der Waals surface area contributed by atoms with Gasteiger partial charge in [0.2, 0.25) is 0 Å². The van der Waals surface area contributed by atoms with Gasteiger partial charge in [0, 0.05) is 25.7 Å². The first kappa shape index (κ1) is 16.3. The summed E-state index contributed by atoms with van der Waals surface area (Å²) in [4.78, 5) is 6.87. The van der Waals surface area contributed by atoms with Gasteiger partial charge in [0.1, 0.15) is 0 Å². The van der Waals surface area contributed by atoms with Gasteiger partial charge >= 0.3 is 0 Å². The van der Waals surface area contributed by atoms with Gasteiger partial charge in [-0.15, -0.1) is 0 Å². The van der Waals surface area contributed by atoms with Gasteiger partial charge < -0.3 is 10.6 Å². The van der Waals surface area contributed by atoms with Crippen LogP contribution in [-0.2, 0) is 0 Å². The quantitative estimate of drug-likeness (QED) is 0.592. The highest BCUT2D eigenvalue weighted by Crippen LogP contribution is 2.17. The summed E-state index contributed by atoms with van der Waals surface area (Å²) >= 11 is 0. The molecule has 4 nitrogen and oxygen atoms in total. The molecule has 2 atom stereocenters. The summed E-state index contributed by atoms with van der Waals surface area (Å²) in [6.07, 6.45) is 3.79. The Bertz CT molecular complexity index is 269. The van der Waals surface area contributed by atoms with Crippen molar-refractivity contribution < 1.29 is 0 Å². The third kappa shape index (κ3) is 5.81. The molecule has 0 aromatic heterocycles. The minimum absolute atomic E-state index is 0.470. The van der Waals surface area contributed by atoms with Crippen LogP contribution in [0.5, 0.6) is 0 Å². The minimum atomic E-state index is 0.470. The molecular formula is C15H32N4. The topological polar surface area (TPSA) is 39.7 Å². The highest BCUT2D eigenvalue weighted by molar-refractivity contribution is 5.79. The van der Waals surface area contributed by atoms with Crippen molar-refractivity contribution in [3.05, 3.63) is 0 Å². The fourth-order valence-electron chi connectivity index (χ4n) is 2.37. The van der Waals surface area contributed by atoms with Gasteiger partial charge in [-0.2, -0.15) is 0 Å². The Morgan fingerprint density at radius 2 is 1.95 bits per heavy atom. The molecule has 2 N–H and O–H groups in total. The maximum atomic E-state index is 4.28. The van der Waals surface area contributed by atoms with E-state index in [0.29, 0.717) is 12.1 Å². The molecule has 1 aliphatic rings. The number of piperidine rings is 1. The van der Waals surface area contributed by atoms with E-state index in [2.05, 4.69) is 48.2 Å². The van der Waals surface area contributed by atoms with E-state index in [-0.39, 0.29) is 0 Å². The summed E-state index contributed by atoms with van der Waals surface area (Å²) in [6.45, 7) is 12.5. The van der Waals surface area contributed by atoms with E-state index >= 15 is 0 Å². The molecular weight excluding hydrogens is 236 g/mol. The lowest BCUT2D eigenvalue weighted by Crippen LogP contribution is -2.49. The van der Waals surface area contributed by atoms with E-state index in [1.165, 1.54) is 25.9 Å². The molecule has 0 aliphatic carbocycles. The fraction of sp³-hybridized carbons (Fsp3) is 0.933. The Hall–Kier alpha value is -0.770. The summed E-state index contributed by atoms with van der Waals surface area (Å²) in [6, 6.07) is 1.04. The molecule has 1 saturated heterocycles. The molecule has 2 unspecified atom stereocenters. The molecule has 1 heterocycles. The maximum Gasteiger partial charge on any atom is 0.191 e. The van der Waals surface area contributed by atoms with Gasteiger partial charge in [0.25, 0.3) is 0 Å². The molecule has 1 rings (SSSR count). The summed E-state index contributed by atoms with van der Waals surface area (Å²) in [5.74, 6) is 1.82. The molecule has 4 heteroatoms. The van der Waals surface area contributed by atoms with Crippen molar-refractivity contribution in [2.24, 2.45) is 10.9 Å². The van der Waals surface area contributed by atoms with Gasteiger partial charge in [-0.3, -0.25) is 9.89 Å². The lowest BCUT2D eigenvalue weighted by molar-refractivity contribution is 0.147. The van der Waals surface area contributed by atoms with E-state index in [9.17, 15) is 0 Å². The van der Waals surface area contributed by atoms with Crippen LogP contribution in [0.15, 0.2) is 4.99 Å². The van der Waals surface area contributed by atoms with Gasteiger partial charge in [-0.05, 0) is 52.1 Å². The number of likely N-dealkylation sites (tertiary alicyclic amines) is 1. The van der Waals surface area contributed by atoms with E-state index < -0.39 is 0 Å². The average Bonchev–Trinajstić information content (AvgIpc) is 2.43. The van der Waals surface area contributed by atoms with Crippen LogP contribution in [0, 0.1) is 5.92 Å². The molecule has 0 aromatic carbocycles. The predicted octanol–water partition coefficient (Wildman–Crippen LogP) is 2.07. The zero-order valence-corrected chi connectivity index (χ0v) is 13.4. The van der Waals surface area contributed by atoms with Crippen LogP contribution in [0.4, 0.5) is 0 Å². The number of nitrogens with one attached hydrogen (secondary N) is 2. The second-order valence-corrected chi connectivity index (χ2v) is 5.97. The van der Waals surface area contributed by atoms with Crippen molar-refractivity contribution in [3.8, 4) is 0 Å². The van der Waals surface area contributed by atoms with Crippen LogP contribution in [0.3, 0.4) is 0 Å². The first-order chi connectivity index (χ1) is 9.06. The van der Waals surface area contributed by atoms with Crippen molar-refractivity contribution in [3.63, 3.8) is 0 Å². The molecule has 19 heavy (non-hydrogen) atoms. The van der Waals surface area contributed by atoms with Gasteiger partial charge in [-0.25, -0.2) is 0 Å². The largest absolute Gasteiger partial charge is 0.355 e. The molecule has 0 bridgehead atoms. The molecule has 0 amide bonds. The number of nitrogens with zero attached hydrogens (tertiary/aromatic N) is 2. The van der Waals surface area contributed by atoms with Crippen molar-refractivity contribution in [1.82, 2.24) is 15.5 Å². The standard InChI is InChI=1S/C15H32N4/c1-6-13(3)18-15(16-5)17-11-14(4)19-9-7-12(2)8-10-19/h12-14H,6-11H2,1-5H3,(H2,16,17,18). The van der Waals surface area contributed by atoms with E-state index in [0.717, 1.165) is 24.8 Å². The fourth-order valence-corrected chi connectivity index (χ4v) is 2.37. The summed E-state index contributed by atoms with van der Waals surface area (Å²) < 4.78 is 0. The van der Waals surface area contributed by atoms with E-state index in [1.807, 2.05) is 7.05 Å². The van der Waals surface area contributed by atoms with Crippen LogP contribution in [-0.4, -0.2) is 49.6 Å². The second-order valence-electron chi connectivity index (χ2n) is 5.97. The molecule has 0 saturated carbocycles. The molecule has 112 valence electrons. The van der Waals surface area contributed by atoms with Crippen LogP contribution in [0.1, 0.15) is 47.0 Å². The Balaban J connectivity index is 2.30. The van der Waals surface area contributed by atoms with Crippen LogP contribution in [0.2, 0.25) is 0 Å². The second kappa shape index (κ2) is 8.41. The maximum absolute atomic E-state index is 4.28. The van der Waals surface area contributed by atoms with Crippen molar-refractivity contribution in [2.75, 3.05) is 26.7 Å². The number of hydrogen-bond donors (Lipinski definition) is 2. The van der Waals surface area contributed by atoms with Crippen LogP contribution < -0.4 is 10.6 Å². The molecule has 1 aliphatic heterocycles. The Morgan fingerprint density at radius 1 is 1.32 bits per heavy atom. The SMILES string of the molecule is CCC(C)NC(=NC)NCC(C)N1CCC(C)CC1. The zero-order valence-electron chi connectivity index (χ0n) is 13.4. The van der Waals surface area contributed by atoms with E-state index in [4.69, 9.17) is 0 Å². The summed E-state index contributed by atoms with van der Waals surface area (Å²) in [5.41, 5.74) is 0. The normalized spacial score (nSPS) is 22.1. The minimum Gasteiger partial charge on any atom is -0.355 e. The van der Waals surface area contributed by atoms with Crippen LogP contribution in [0.25, 0.3) is 0 Å². The average molecular weight is 268 g/mol. The monoisotopic (exact) mass is 268 g/mol. The van der Waals surface area contributed by atoms with Crippen molar-refractivity contribution in [2.45, 2.75) is 59.0 Å². The number of hydrogen-bond acceptors (Lipinski definition) is 2. The molecule has 0 spiro atoms. The highest BCUT2D eigenvalue weighted by atomic mass is 15.2. The predicted molar refractivity (Wildman–Crippen MR) is 83.7 cm³/mol. The Labute approximate surface area is 119 Å².